The van der Waals surface area contributed by atoms with Gasteiger partial charge in [0.1, 0.15) is 6.10 Å². The lowest BCUT2D eigenvalue weighted by Gasteiger charge is -2.15. The standard InChI is InChI=1S/C11H17NO4/c1-3-4-7(2)12-10(13)8-5-6-9(16-8)11(14)15/h3,7-9H,1,4-6H2,2H3,(H,12,13)(H,14,15)/t7?,8-,9+/m0/s1. The van der Waals surface area contributed by atoms with Gasteiger partial charge in [0.15, 0.2) is 6.10 Å². The first kappa shape index (κ1) is 12.7. The molecule has 5 nitrogen and oxygen atoms in total. The van der Waals surface area contributed by atoms with Crippen molar-refractivity contribution in [1.82, 2.24) is 5.32 Å². The predicted molar refractivity (Wildman–Crippen MR) is 57.9 cm³/mol. The average molecular weight is 227 g/mol. The van der Waals surface area contributed by atoms with Crippen LogP contribution in [0.4, 0.5) is 0 Å². The minimum atomic E-state index is -1.01. The molecule has 0 aromatic rings. The maximum atomic E-state index is 11.6. The molecular formula is C11H17NO4. The largest absolute Gasteiger partial charge is 0.479 e. The van der Waals surface area contributed by atoms with Crippen LogP contribution in [-0.2, 0) is 14.3 Å². The summed E-state index contributed by atoms with van der Waals surface area (Å²) in [4.78, 5) is 22.3. The number of carboxylic acid groups (broad SMARTS) is 1. The van der Waals surface area contributed by atoms with E-state index in [1.807, 2.05) is 6.92 Å². The van der Waals surface area contributed by atoms with E-state index in [0.717, 1.165) is 0 Å². The molecule has 0 aromatic heterocycles. The van der Waals surface area contributed by atoms with Crippen molar-refractivity contribution in [2.24, 2.45) is 0 Å². The zero-order chi connectivity index (χ0) is 12.1. The van der Waals surface area contributed by atoms with Crippen molar-refractivity contribution in [1.29, 1.82) is 0 Å². The molecule has 3 atom stereocenters. The zero-order valence-corrected chi connectivity index (χ0v) is 9.31. The molecule has 5 heteroatoms. The van der Waals surface area contributed by atoms with Crippen molar-refractivity contribution >= 4 is 11.9 Å². The van der Waals surface area contributed by atoms with Gasteiger partial charge in [-0.3, -0.25) is 4.79 Å². The van der Waals surface area contributed by atoms with E-state index in [1.165, 1.54) is 0 Å². The number of ether oxygens (including phenoxy) is 1. The Morgan fingerprint density at radius 1 is 1.56 bits per heavy atom. The predicted octanol–water partition coefficient (Wildman–Crippen LogP) is 0.699. The van der Waals surface area contributed by atoms with Crippen LogP contribution in [0.5, 0.6) is 0 Å². The molecule has 0 bridgehead atoms. The fourth-order valence-corrected chi connectivity index (χ4v) is 1.66. The van der Waals surface area contributed by atoms with E-state index in [4.69, 9.17) is 9.84 Å². The third-order valence-corrected chi connectivity index (χ3v) is 2.50. The first-order chi connectivity index (χ1) is 7.54. The number of hydrogen-bond donors (Lipinski definition) is 2. The molecule has 1 rings (SSSR count). The average Bonchev–Trinajstić information content (AvgIpc) is 2.66. The van der Waals surface area contributed by atoms with Crippen LogP contribution in [-0.4, -0.2) is 35.2 Å². The highest BCUT2D eigenvalue weighted by atomic mass is 16.5. The smallest absolute Gasteiger partial charge is 0.332 e. The van der Waals surface area contributed by atoms with Crippen molar-refractivity contribution in [3.05, 3.63) is 12.7 Å². The molecular weight excluding hydrogens is 210 g/mol. The molecule has 0 spiro atoms. The summed E-state index contributed by atoms with van der Waals surface area (Å²) in [6, 6.07) is -0.00234. The van der Waals surface area contributed by atoms with E-state index in [2.05, 4.69) is 11.9 Å². The molecule has 0 aliphatic carbocycles. The molecule has 1 unspecified atom stereocenters. The molecule has 1 heterocycles. The third kappa shape index (κ3) is 3.34. The van der Waals surface area contributed by atoms with Gasteiger partial charge in [0.2, 0.25) is 5.91 Å². The lowest BCUT2D eigenvalue weighted by atomic mass is 10.1. The Kier molecular flexibility index (Phi) is 4.49. The summed E-state index contributed by atoms with van der Waals surface area (Å²) in [6.45, 7) is 5.44. The summed E-state index contributed by atoms with van der Waals surface area (Å²) in [7, 11) is 0. The second-order valence-corrected chi connectivity index (χ2v) is 3.96. The molecule has 1 aliphatic rings. The van der Waals surface area contributed by atoms with Gasteiger partial charge in [-0.05, 0) is 26.2 Å². The van der Waals surface area contributed by atoms with Gasteiger partial charge in [-0.15, -0.1) is 6.58 Å². The van der Waals surface area contributed by atoms with Crippen LogP contribution in [0.15, 0.2) is 12.7 Å². The van der Waals surface area contributed by atoms with E-state index in [0.29, 0.717) is 19.3 Å². The van der Waals surface area contributed by atoms with E-state index in [1.54, 1.807) is 6.08 Å². The summed E-state index contributed by atoms with van der Waals surface area (Å²) in [6.07, 6.45) is 1.78. The van der Waals surface area contributed by atoms with Gasteiger partial charge in [-0.1, -0.05) is 6.08 Å². The molecule has 1 aliphatic heterocycles. The van der Waals surface area contributed by atoms with Gasteiger partial charge in [0.05, 0.1) is 0 Å². The first-order valence-electron chi connectivity index (χ1n) is 5.34. The summed E-state index contributed by atoms with van der Waals surface area (Å²) >= 11 is 0. The van der Waals surface area contributed by atoms with Gasteiger partial charge in [-0.2, -0.15) is 0 Å². The molecule has 90 valence electrons. The highest BCUT2D eigenvalue weighted by Crippen LogP contribution is 2.20. The molecule has 1 saturated heterocycles. The van der Waals surface area contributed by atoms with Crippen molar-refractivity contribution in [3.8, 4) is 0 Å². The van der Waals surface area contributed by atoms with Gasteiger partial charge in [-0.25, -0.2) is 4.79 Å². The number of carbonyl (C=O) groups excluding carboxylic acids is 1. The number of hydrogen-bond acceptors (Lipinski definition) is 3. The Labute approximate surface area is 94.5 Å². The monoisotopic (exact) mass is 227 g/mol. The quantitative estimate of drug-likeness (QED) is 0.678. The molecule has 1 fully saturated rings. The summed E-state index contributed by atoms with van der Waals surface area (Å²) in [5.74, 6) is -1.24. The molecule has 0 saturated carbocycles. The van der Waals surface area contributed by atoms with E-state index in [-0.39, 0.29) is 11.9 Å². The maximum Gasteiger partial charge on any atom is 0.332 e. The van der Waals surface area contributed by atoms with Crippen molar-refractivity contribution in [3.63, 3.8) is 0 Å². The Bertz CT molecular complexity index is 290. The van der Waals surface area contributed by atoms with Crippen LogP contribution < -0.4 is 5.32 Å². The SMILES string of the molecule is C=CCC(C)NC(=O)[C@@H]1CC[C@H](C(=O)O)O1. The third-order valence-electron chi connectivity index (χ3n) is 2.50. The maximum absolute atomic E-state index is 11.6. The van der Waals surface area contributed by atoms with Gasteiger partial charge in [0.25, 0.3) is 0 Å². The van der Waals surface area contributed by atoms with E-state index < -0.39 is 18.2 Å². The number of carbonyl (C=O) groups is 2. The van der Waals surface area contributed by atoms with E-state index in [9.17, 15) is 9.59 Å². The van der Waals surface area contributed by atoms with E-state index >= 15 is 0 Å². The van der Waals surface area contributed by atoms with Crippen molar-refractivity contribution in [2.45, 2.75) is 44.4 Å². The van der Waals surface area contributed by atoms with Gasteiger partial charge in [0, 0.05) is 6.04 Å². The fraction of sp³-hybridized carbons (Fsp3) is 0.636. The lowest BCUT2D eigenvalue weighted by Crippen LogP contribution is -2.40. The fourth-order valence-electron chi connectivity index (χ4n) is 1.66. The van der Waals surface area contributed by atoms with Crippen LogP contribution in [0.3, 0.4) is 0 Å². The normalized spacial score (nSPS) is 26.1. The number of nitrogens with one attached hydrogen (secondary N) is 1. The lowest BCUT2D eigenvalue weighted by molar-refractivity contribution is -0.151. The Hall–Kier alpha value is -1.36. The van der Waals surface area contributed by atoms with Crippen LogP contribution in [0.2, 0.25) is 0 Å². The van der Waals surface area contributed by atoms with Crippen molar-refractivity contribution < 1.29 is 19.4 Å². The topological polar surface area (TPSA) is 75.6 Å². The van der Waals surface area contributed by atoms with Crippen molar-refractivity contribution in [2.75, 3.05) is 0 Å². The second kappa shape index (κ2) is 5.65. The number of amides is 1. The number of rotatable bonds is 5. The van der Waals surface area contributed by atoms with Crippen LogP contribution >= 0.6 is 0 Å². The summed E-state index contributed by atoms with van der Waals surface area (Å²) in [5, 5.41) is 11.5. The highest BCUT2D eigenvalue weighted by molar-refractivity contribution is 5.82. The Morgan fingerprint density at radius 2 is 2.19 bits per heavy atom. The second-order valence-electron chi connectivity index (χ2n) is 3.96. The van der Waals surface area contributed by atoms with Gasteiger partial charge < -0.3 is 15.2 Å². The summed E-state index contributed by atoms with van der Waals surface area (Å²) in [5.41, 5.74) is 0. The first-order valence-corrected chi connectivity index (χ1v) is 5.34. The van der Waals surface area contributed by atoms with Crippen LogP contribution in [0, 0.1) is 0 Å². The van der Waals surface area contributed by atoms with Crippen LogP contribution in [0.25, 0.3) is 0 Å². The Morgan fingerprint density at radius 3 is 2.69 bits per heavy atom. The number of carboxylic acids is 1. The molecule has 16 heavy (non-hydrogen) atoms. The molecule has 1 amide bonds. The van der Waals surface area contributed by atoms with Crippen LogP contribution in [0.1, 0.15) is 26.2 Å². The Balaban J connectivity index is 2.39. The zero-order valence-electron chi connectivity index (χ0n) is 9.31. The summed E-state index contributed by atoms with van der Waals surface area (Å²) < 4.78 is 5.13. The molecule has 2 N–H and O–H groups in total. The molecule has 0 radical (unpaired) electrons. The minimum absolute atomic E-state index is 0.00234. The number of aliphatic carboxylic acids is 1. The molecule has 0 aromatic carbocycles. The minimum Gasteiger partial charge on any atom is -0.479 e. The highest BCUT2D eigenvalue weighted by Gasteiger charge is 2.34. The van der Waals surface area contributed by atoms with Gasteiger partial charge >= 0.3 is 5.97 Å².